The van der Waals surface area contributed by atoms with Crippen LogP contribution in [0.5, 0.6) is 0 Å². The van der Waals surface area contributed by atoms with E-state index in [0.717, 1.165) is 29.9 Å². The summed E-state index contributed by atoms with van der Waals surface area (Å²) in [6.07, 6.45) is 12.2. The van der Waals surface area contributed by atoms with Crippen molar-refractivity contribution in [3.63, 3.8) is 0 Å². The van der Waals surface area contributed by atoms with Crippen LogP contribution in [0.1, 0.15) is 6.42 Å². The third-order valence-electron chi connectivity index (χ3n) is 4.40. The fourth-order valence-corrected chi connectivity index (χ4v) is 3.33. The lowest BCUT2D eigenvalue weighted by molar-refractivity contribution is -0.132. The van der Waals surface area contributed by atoms with E-state index in [1.807, 2.05) is 6.08 Å². The average Bonchev–Trinajstić information content (AvgIpc) is 2.85. The molecule has 3 unspecified atom stereocenters. The molecule has 6 heteroatoms. The highest BCUT2D eigenvalue weighted by Gasteiger charge is 2.34. The van der Waals surface area contributed by atoms with Gasteiger partial charge in [0.1, 0.15) is 5.76 Å². The number of carboxylic acids is 1. The minimum Gasteiger partial charge on any atom is -0.478 e. The van der Waals surface area contributed by atoms with Gasteiger partial charge in [0, 0.05) is 17.8 Å². The number of nitrogens with one attached hydrogen (secondary N) is 2. The van der Waals surface area contributed by atoms with Crippen molar-refractivity contribution < 1.29 is 14.6 Å². The van der Waals surface area contributed by atoms with Crippen LogP contribution in [0.25, 0.3) is 0 Å². The van der Waals surface area contributed by atoms with Gasteiger partial charge in [0.2, 0.25) is 0 Å². The third-order valence-corrected chi connectivity index (χ3v) is 4.40. The van der Waals surface area contributed by atoms with Crippen molar-refractivity contribution in [2.24, 2.45) is 5.92 Å². The van der Waals surface area contributed by atoms with E-state index in [1.165, 1.54) is 0 Å². The van der Waals surface area contributed by atoms with Gasteiger partial charge in [-0.05, 0) is 42.7 Å². The molecule has 0 aromatic heterocycles. The monoisotopic (exact) mass is 320 g/mol. The van der Waals surface area contributed by atoms with Crippen LogP contribution in [0.3, 0.4) is 0 Å². The van der Waals surface area contributed by atoms with Crippen molar-refractivity contribution in [1.82, 2.24) is 10.6 Å². The first-order valence-corrected chi connectivity index (χ1v) is 7.14. The number of dihydropyridines is 1. The van der Waals surface area contributed by atoms with Crippen LogP contribution in [-0.2, 0) is 9.53 Å². The second-order valence-corrected chi connectivity index (χ2v) is 5.65. The molecule has 3 N–H and O–H groups in total. The Kier molecular flexibility index (Phi) is 3.85. The zero-order valence-electron chi connectivity index (χ0n) is 11.8. The number of fused-ring (bicyclic) bond motifs is 4. The Morgan fingerprint density at radius 1 is 1.36 bits per heavy atom. The van der Waals surface area contributed by atoms with Crippen LogP contribution >= 0.6 is 12.4 Å². The molecule has 116 valence electrons. The predicted molar refractivity (Wildman–Crippen MR) is 84.3 cm³/mol. The highest BCUT2D eigenvalue weighted by molar-refractivity contribution is 5.90. The summed E-state index contributed by atoms with van der Waals surface area (Å²) in [4.78, 5) is 11.1. The van der Waals surface area contributed by atoms with Crippen molar-refractivity contribution in [1.29, 1.82) is 0 Å². The Morgan fingerprint density at radius 2 is 2.23 bits per heavy atom. The fraction of sp³-hybridized carbons (Fsp3) is 0.312. The molecule has 3 aliphatic heterocycles. The van der Waals surface area contributed by atoms with E-state index in [1.54, 1.807) is 18.5 Å². The van der Waals surface area contributed by atoms with Gasteiger partial charge in [-0.15, -0.1) is 12.4 Å². The third kappa shape index (κ3) is 2.36. The molecule has 0 aromatic carbocycles. The maximum absolute atomic E-state index is 11.1. The Morgan fingerprint density at radius 3 is 3.05 bits per heavy atom. The normalized spacial score (nSPS) is 31.4. The Balaban J connectivity index is 0.00000144. The first-order valence-electron chi connectivity index (χ1n) is 7.14. The summed E-state index contributed by atoms with van der Waals surface area (Å²) in [6, 6.07) is 0.302. The summed E-state index contributed by atoms with van der Waals surface area (Å²) >= 11 is 0. The summed E-state index contributed by atoms with van der Waals surface area (Å²) in [5.41, 5.74) is 2.26. The molecule has 3 atom stereocenters. The minimum atomic E-state index is -0.930. The molecule has 0 saturated carbocycles. The highest BCUT2D eigenvalue weighted by Crippen LogP contribution is 2.36. The predicted octanol–water partition coefficient (Wildman–Crippen LogP) is 1.62. The zero-order chi connectivity index (χ0) is 14.4. The first-order chi connectivity index (χ1) is 10.2. The van der Waals surface area contributed by atoms with E-state index in [4.69, 9.17) is 9.84 Å². The van der Waals surface area contributed by atoms with E-state index < -0.39 is 5.97 Å². The van der Waals surface area contributed by atoms with Crippen LogP contribution < -0.4 is 10.6 Å². The smallest absolute Gasteiger partial charge is 0.337 e. The number of hydrogen-bond acceptors (Lipinski definition) is 4. The largest absolute Gasteiger partial charge is 0.478 e. The van der Waals surface area contributed by atoms with Gasteiger partial charge in [0.05, 0.1) is 17.9 Å². The van der Waals surface area contributed by atoms with Gasteiger partial charge in [-0.3, -0.25) is 0 Å². The molecular formula is C16H17ClN2O3. The van der Waals surface area contributed by atoms with Crippen molar-refractivity contribution in [3.05, 3.63) is 59.2 Å². The second kappa shape index (κ2) is 5.66. The highest BCUT2D eigenvalue weighted by atomic mass is 35.5. The summed E-state index contributed by atoms with van der Waals surface area (Å²) in [6.45, 7) is 1.02. The van der Waals surface area contributed by atoms with Crippen LogP contribution in [0.15, 0.2) is 59.2 Å². The standard InChI is InChI=1S/C16H16N2O3.ClH/c19-16(20)11-5-10-2-4-21-14-7-13-9(1-3-17-13)6-12(14)15(10)18-8-11;/h2,4-9,13,15,17-18H,1,3H2,(H,19,20);1H. The second-order valence-electron chi connectivity index (χ2n) is 5.65. The van der Waals surface area contributed by atoms with E-state index >= 15 is 0 Å². The number of halogens is 1. The molecule has 4 rings (SSSR count). The van der Waals surface area contributed by atoms with Gasteiger partial charge < -0.3 is 20.5 Å². The maximum atomic E-state index is 11.1. The van der Waals surface area contributed by atoms with Crippen molar-refractivity contribution in [3.8, 4) is 0 Å². The molecule has 4 aliphatic rings. The average molecular weight is 321 g/mol. The molecule has 1 aliphatic carbocycles. The van der Waals surface area contributed by atoms with Crippen molar-refractivity contribution >= 4 is 18.4 Å². The quantitative estimate of drug-likeness (QED) is 0.685. The molecule has 5 nitrogen and oxygen atoms in total. The van der Waals surface area contributed by atoms with Gasteiger partial charge in [-0.25, -0.2) is 4.79 Å². The molecule has 0 aromatic rings. The van der Waals surface area contributed by atoms with Crippen LogP contribution in [0.2, 0.25) is 0 Å². The summed E-state index contributed by atoms with van der Waals surface area (Å²) in [7, 11) is 0. The number of aliphatic carboxylic acids is 1. The summed E-state index contributed by atoms with van der Waals surface area (Å²) in [5.74, 6) is 0.411. The van der Waals surface area contributed by atoms with Gasteiger partial charge >= 0.3 is 5.97 Å². The molecule has 22 heavy (non-hydrogen) atoms. The SMILES string of the molecule is Cl.O=C(O)C1=CNC2C(=C1)C=COC1=CC3NCCC3C=C12. The summed E-state index contributed by atoms with van der Waals surface area (Å²) in [5, 5.41) is 15.8. The van der Waals surface area contributed by atoms with Crippen LogP contribution in [0, 0.1) is 5.92 Å². The number of carbonyl (C=O) groups is 1. The van der Waals surface area contributed by atoms with E-state index in [9.17, 15) is 4.79 Å². The van der Waals surface area contributed by atoms with Crippen molar-refractivity contribution in [2.45, 2.75) is 18.5 Å². The lowest BCUT2D eigenvalue weighted by atomic mass is 9.85. The van der Waals surface area contributed by atoms with E-state index in [0.29, 0.717) is 12.0 Å². The van der Waals surface area contributed by atoms with Crippen LogP contribution in [-0.4, -0.2) is 29.7 Å². The molecule has 0 bridgehead atoms. The fourth-order valence-electron chi connectivity index (χ4n) is 3.33. The Bertz CT molecular complexity index is 660. The Labute approximate surface area is 134 Å². The lowest BCUT2D eigenvalue weighted by Crippen LogP contribution is -2.35. The number of rotatable bonds is 1. The van der Waals surface area contributed by atoms with E-state index in [2.05, 4.69) is 22.8 Å². The molecule has 0 spiro atoms. The van der Waals surface area contributed by atoms with Gasteiger partial charge in [-0.2, -0.15) is 0 Å². The number of hydrogen-bond donors (Lipinski definition) is 3. The number of ether oxygens (including phenoxy) is 1. The lowest BCUT2D eigenvalue weighted by Gasteiger charge is -2.29. The molecule has 0 amide bonds. The van der Waals surface area contributed by atoms with Gasteiger partial charge in [0.25, 0.3) is 0 Å². The van der Waals surface area contributed by atoms with Gasteiger partial charge in [0.15, 0.2) is 0 Å². The minimum absolute atomic E-state index is 0. The van der Waals surface area contributed by atoms with Crippen LogP contribution in [0.4, 0.5) is 0 Å². The zero-order valence-corrected chi connectivity index (χ0v) is 12.6. The maximum Gasteiger partial charge on any atom is 0.337 e. The molecule has 0 radical (unpaired) electrons. The molecule has 3 heterocycles. The number of carboxylic acid groups (broad SMARTS) is 1. The topological polar surface area (TPSA) is 70.6 Å². The Hall–Kier alpha value is -1.98. The molecule has 1 saturated heterocycles. The molecule has 1 fully saturated rings. The first kappa shape index (κ1) is 14.9. The summed E-state index contributed by atoms with van der Waals surface area (Å²) < 4.78 is 5.72. The van der Waals surface area contributed by atoms with Gasteiger partial charge in [-0.1, -0.05) is 6.08 Å². The molecular weight excluding hydrogens is 304 g/mol. The van der Waals surface area contributed by atoms with E-state index in [-0.39, 0.29) is 24.0 Å². The van der Waals surface area contributed by atoms with Crippen molar-refractivity contribution in [2.75, 3.05) is 6.54 Å².